The van der Waals surface area contributed by atoms with Gasteiger partial charge in [0.1, 0.15) is 12.6 Å². The number of ether oxygens (including phenoxy) is 1. The van der Waals surface area contributed by atoms with E-state index in [0.29, 0.717) is 6.61 Å². The highest BCUT2D eigenvalue weighted by Crippen LogP contribution is 2.22. The summed E-state index contributed by atoms with van der Waals surface area (Å²) in [5, 5.41) is 3.28. The second-order valence-electron chi connectivity index (χ2n) is 4.49. The van der Waals surface area contributed by atoms with Gasteiger partial charge in [0.15, 0.2) is 0 Å². The molecule has 0 aromatic heterocycles. The molecule has 0 saturated heterocycles. The molecule has 1 aromatic rings. The molecule has 1 aromatic carbocycles. The maximum Gasteiger partial charge on any atom is 0.328 e. The Morgan fingerprint density at radius 3 is 2.84 bits per heavy atom. The van der Waals surface area contributed by atoms with Crippen molar-refractivity contribution in [1.29, 1.82) is 0 Å². The highest BCUT2D eigenvalue weighted by atomic mass is 32.2. The Kier molecular flexibility index (Phi) is 6.78. The van der Waals surface area contributed by atoms with Gasteiger partial charge >= 0.3 is 5.97 Å². The van der Waals surface area contributed by atoms with E-state index in [4.69, 9.17) is 4.74 Å². The van der Waals surface area contributed by atoms with E-state index < -0.39 is 0 Å². The van der Waals surface area contributed by atoms with E-state index in [2.05, 4.69) is 18.3 Å². The van der Waals surface area contributed by atoms with Crippen molar-refractivity contribution in [3.05, 3.63) is 29.3 Å². The third-order valence-electron chi connectivity index (χ3n) is 2.99. The van der Waals surface area contributed by atoms with E-state index in [9.17, 15) is 4.79 Å². The van der Waals surface area contributed by atoms with E-state index in [1.807, 2.05) is 32.2 Å². The molecule has 4 heteroatoms. The maximum absolute atomic E-state index is 11.8. The third kappa shape index (κ3) is 4.78. The molecule has 0 spiro atoms. The molecule has 0 aliphatic heterocycles. The van der Waals surface area contributed by atoms with Crippen LogP contribution in [-0.2, 0) is 16.0 Å². The fraction of sp³-hybridized carbons (Fsp3) is 0.533. The molecule has 19 heavy (non-hydrogen) atoms. The third-order valence-corrected chi connectivity index (χ3v) is 3.56. The molecule has 0 aliphatic rings. The van der Waals surface area contributed by atoms with Gasteiger partial charge < -0.3 is 10.1 Å². The fourth-order valence-electron chi connectivity index (χ4n) is 1.86. The quantitative estimate of drug-likeness (QED) is 0.615. The van der Waals surface area contributed by atoms with Gasteiger partial charge in [-0.3, -0.25) is 0 Å². The lowest BCUT2D eigenvalue weighted by molar-refractivity contribution is -0.143. The zero-order valence-electron chi connectivity index (χ0n) is 12.2. The topological polar surface area (TPSA) is 38.3 Å². The number of para-hydroxylation sites is 1. The zero-order valence-corrected chi connectivity index (χ0v) is 13.0. The van der Waals surface area contributed by atoms with Gasteiger partial charge in [-0.1, -0.05) is 25.1 Å². The summed E-state index contributed by atoms with van der Waals surface area (Å²) in [6.45, 7) is 6.47. The van der Waals surface area contributed by atoms with Crippen molar-refractivity contribution in [1.82, 2.24) is 0 Å². The molecule has 1 rings (SSSR count). The first kappa shape index (κ1) is 15.9. The Hall–Kier alpha value is -1.16. The number of hydrogen-bond donors (Lipinski definition) is 1. The van der Waals surface area contributed by atoms with E-state index in [1.54, 1.807) is 11.8 Å². The zero-order chi connectivity index (χ0) is 14.3. The van der Waals surface area contributed by atoms with Gasteiger partial charge in [0.25, 0.3) is 0 Å². The van der Waals surface area contributed by atoms with Crippen LogP contribution in [0, 0.1) is 6.92 Å². The minimum atomic E-state index is -0.326. The van der Waals surface area contributed by atoms with Crippen LogP contribution in [-0.4, -0.2) is 30.6 Å². The van der Waals surface area contributed by atoms with Crippen LogP contribution in [0.4, 0.5) is 5.69 Å². The minimum absolute atomic E-state index is 0.195. The lowest BCUT2D eigenvalue weighted by Crippen LogP contribution is -2.29. The molecule has 1 N–H and O–H groups in total. The molecule has 0 fully saturated rings. The molecule has 106 valence electrons. The molecular weight excluding hydrogens is 258 g/mol. The first-order valence-electron chi connectivity index (χ1n) is 6.60. The van der Waals surface area contributed by atoms with Crippen LogP contribution in [0.25, 0.3) is 0 Å². The number of carbonyl (C=O) groups excluding carboxylic acids is 1. The monoisotopic (exact) mass is 281 g/mol. The number of rotatable bonds is 7. The number of hydrogen-bond acceptors (Lipinski definition) is 4. The standard InChI is InChI=1S/C15H23NO2S/c1-5-13-8-6-7-11(2)14(13)16-12(3)15(17)18-9-10-19-4/h6-8,12,16H,5,9-10H2,1-4H3/t12-/m0/s1. The molecule has 0 aliphatic carbocycles. The van der Waals surface area contributed by atoms with Crippen molar-refractivity contribution in [2.45, 2.75) is 33.2 Å². The van der Waals surface area contributed by atoms with Gasteiger partial charge in [0.2, 0.25) is 0 Å². The van der Waals surface area contributed by atoms with Crippen LogP contribution in [0.15, 0.2) is 18.2 Å². The number of nitrogens with one attached hydrogen (secondary N) is 1. The lowest BCUT2D eigenvalue weighted by atomic mass is 10.1. The van der Waals surface area contributed by atoms with E-state index in [1.165, 1.54) is 5.56 Å². The molecule has 0 bridgehead atoms. The molecule has 0 radical (unpaired) electrons. The summed E-state index contributed by atoms with van der Waals surface area (Å²) >= 11 is 1.67. The van der Waals surface area contributed by atoms with Gasteiger partial charge in [0.05, 0.1) is 0 Å². The van der Waals surface area contributed by atoms with Crippen LogP contribution in [0.5, 0.6) is 0 Å². The molecular formula is C15H23NO2S. The molecule has 0 heterocycles. The summed E-state index contributed by atoms with van der Waals surface area (Å²) < 4.78 is 5.21. The van der Waals surface area contributed by atoms with Crippen molar-refractivity contribution in [2.75, 3.05) is 23.9 Å². The molecule has 0 amide bonds. The summed E-state index contributed by atoms with van der Waals surface area (Å²) in [7, 11) is 0. The van der Waals surface area contributed by atoms with Crippen molar-refractivity contribution in [2.24, 2.45) is 0 Å². The summed E-state index contributed by atoms with van der Waals surface area (Å²) in [5.41, 5.74) is 3.44. The van der Waals surface area contributed by atoms with Gasteiger partial charge in [0, 0.05) is 11.4 Å². The predicted octanol–water partition coefficient (Wildman–Crippen LogP) is 3.26. The average molecular weight is 281 g/mol. The maximum atomic E-state index is 11.8. The van der Waals surface area contributed by atoms with Crippen LogP contribution in [0.3, 0.4) is 0 Å². The van der Waals surface area contributed by atoms with Gasteiger partial charge in [-0.25, -0.2) is 4.79 Å². The Morgan fingerprint density at radius 1 is 1.47 bits per heavy atom. The van der Waals surface area contributed by atoms with Gasteiger partial charge in [-0.15, -0.1) is 0 Å². The fourth-order valence-corrected chi connectivity index (χ4v) is 2.11. The normalized spacial score (nSPS) is 12.0. The van der Waals surface area contributed by atoms with Crippen molar-refractivity contribution in [3.8, 4) is 0 Å². The SMILES string of the molecule is CCc1cccc(C)c1N[C@@H](C)C(=O)OCCSC. The largest absolute Gasteiger partial charge is 0.463 e. The van der Waals surface area contributed by atoms with E-state index >= 15 is 0 Å². The predicted molar refractivity (Wildman–Crippen MR) is 83.0 cm³/mol. The Bertz CT molecular complexity index is 421. The van der Waals surface area contributed by atoms with Crippen molar-refractivity contribution < 1.29 is 9.53 Å². The number of carbonyl (C=O) groups is 1. The number of thioether (sulfide) groups is 1. The molecule has 0 unspecified atom stereocenters. The number of anilines is 1. The number of esters is 1. The Morgan fingerprint density at radius 2 is 2.21 bits per heavy atom. The van der Waals surface area contributed by atoms with Crippen LogP contribution < -0.4 is 5.32 Å². The highest BCUT2D eigenvalue weighted by molar-refractivity contribution is 7.98. The smallest absolute Gasteiger partial charge is 0.328 e. The highest BCUT2D eigenvalue weighted by Gasteiger charge is 2.16. The summed E-state index contributed by atoms with van der Waals surface area (Å²) in [5.74, 6) is 0.641. The number of aryl methyl sites for hydroxylation is 2. The second-order valence-corrected chi connectivity index (χ2v) is 5.47. The lowest BCUT2D eigenvalue weighted by Gasteiger charge is -2.18. The van der Waals surface area contributed by atoms with Gasteiger partial charge in [-0.2, -0.15) is 11.8 Å². The minimum Gasteiger partial charge on any atom is -0.463 e. The summed E-state index contributed by atoms with van der Waals surface area (Å²) in [6.07, 6.45) is 2.94. The molecule has 0 saturated carbocycles. The van der Waals surface area contributed by atoms with E-state index in [-0.39, 0.29) is 12.0 Å². The average Bonchev–Trinajstić information content (AvgIpc) is 2.41. The molecule has 3 nitrogen and oxygen atoms in total. The first-order chi connectivity index (χ1) is 9.10. The van der Waals surface area contributed by atoms with Crippen LogP contribution >= 0.6 is 11.8 Å². The first-order valence-corrected chi connectivity index (χ1v) is 8.00. The van der Waals surface area contributed by atoms with Crippen molar-refractivity contribution >= 4 is 23.4 Å². The summed E-state index contributed by atoms with van der Waals surface area (Å²) in [6, 6.07) is 5.85. The summed E-state index contributed by atoms with van der Waals surface area (Å²) in [4.78, 5) is 11.8. The van der Waals surface area contributed by atoms with Crippen molar-refractivity contribution in [3.63, 3.8) is 0 Å². The Labute approximate surface area is 120 Å². The van der Waals surface area contributed by atoms with Crippen LogP contribution in [0.1, 0.15) is 25.0 Å². The Balaban J connectivity index is 2.66. The number of benzene rings is 1. The van der Waals surface area contributed by atoms with Crippen LogP contribution in [0.2, 0.25) is 0 Å². The van der Waals surface area contributed by atoms with Gasteiger partial charge in [-0.05, 0) is 37.7 Å². The second kappa shape index (κ2) is 8.10. The van der Waals surface area contributed by atoms with E-state index in [0.717, 1.165) is 23.4 Å². The molecule has 1 atom stereocenters.